The van der Waals surface area contributed by atoms with Crippen LogP contribution in [0.15, 0.2) is 54.9 Å². The Morgan fingerprint density at radius 1 is 1.14 bits per heavy atom. The number of imidazole rings is 1. The summed E-state index contributed by atoms with van der Waals surface area (Å²) in [5, 5.41) is 6.23. The van der Waals surface area contributed by atoms with Gasteiger partial charge < -0.3 is 9.88 Å². The maximum atomic E-state index is 4.36. The number of nitrogens with one attached hydrogen (secondary N) is 1. The van der Waals surface area contributed by atoms with Crippen LogP contribution in [0.2, 0.25) is 0 Å². The highest BCUT2D eigenvalue weighted by atomic mass is 15.0. The molecule has 0 bridgehead atoms. The zero-order chi connectivity index (χ0) is 14.7. The summed E-state index contributed by atoms with van der Waals surface area (Å²) in [7, 11) is 2.04. The van der Waals surface area contributed by atoms with E-state index in [9.17, 15) is 0 Å². The van der Waals surface area contributed by atoms with Crippen molar-refractivity contribution >= 4 is 10.8 Å². The number of hydrogen-bond acceptors (Lipinski definition) is 2. The topological polar surface area (TPSA) is 29.9 Å². The third-order valence-corrected chi connectivity index (χ3v) is 4.01. The predicted octanol–water partition coefficient (Wildman–Crippen LogP) is 3.47. The van der Waals surface area contributed by atoms with E-state index in [0.29, 0.717) is 6.04 Å². The average Bonchev–Trinajstić information content (AvgIpc) is 2.92. The van der Waals surface area contributed by atoms with Crippen LogP contribution >= 0.6 is 0 Å². The van der Waals surface area contributed by atoms with Gasteiger partial charge in [-0.1, -0.05) is 42.5 Å². The van der Waals surface area contributed by atoms with Crippen LogP contribution in [0.5, 0.6) is 0 Å². The van der Waals surface area contributed by atoms with Crippen LogP contribution in [0.25, 0.3) is 10.8 Å². The molecule has 3 nitrogen and oxygen atoms in total. The van der Waals surface area contributed by atoms with E-state index in [4.69, 9.17) is 0 Å². The number of benzene rings is 2. The van der Waals surface area contributed by atoms with Crippen molar-refractivity contribution in [2.24, 2.45) is 7.05 Å². The Labute approximate surface area is 125 Å². The molecule has 1 heterocycles. The highest BCUT2D eigenvalue weighted by Gasteiger charge is 2.08. The molecule has 0 amide bonds. The first-order chi connectivity index (χ1) is 10.3. The van der Waals surface area contributed by atoms with E-state index < -0.39 is 0 Å². The first kappa shape index (κ1) is 13.8. The number of aromatic nitrogens is 2. The third kappa shape index (κ3) is 2.98. The second-order valence-corrected chi connectivity index (χ2v) is 5.45. The van der Waals surface area contributed by atoms with E-state index in [1.807, 2.05) is 19.4 Å². The largest absolute Gasteiger partial charge is 0.338 e. The highest BCUT2D eigenvalue weighted by molar-refractivity contribution is 5.86. The Bertz CT molecular complexity index is 725. The van der Waals surface area contributed by atoms with Crippen LogP contribution in [0.4, 0.5) is 0 Å². The van der Waals surface area contributed by atoms with Crippen LogP contribution in [-0.4, -0.2) is 16.1 Å². The van der Waals surface area contributed by atoms with Gasteiger partial charge in [-0.2, -0.15) is 0 Å². The van der Waals surface area contributed by atoms with Crippen LogP contribution in [0.3, 0.4) is 0 Å². The summed E-state index contributed by atoms with van der Waals surface area (Å²) in [6.45, 7) is 3.15. The monoisotopic (exact) mass is 279 g/mol. The molecule has 3 rings (SSSR count). The molecule has 0 aliphatic heterocycles. The van der Waals surface area contributed by atoms with Gasteiger partial charge >= 0.3 is 0 Å². The van der Waals surface area contributed by atoms with Crippen molar-refractivity contribution in [2.75, 3.05) is 6.54 Å². The van der Waals surface area contributed by atoms with Gasteiger partial charge in [-0.25, -0.2) is 4.98 Å². The summed E-state index contributed by atoms with van der Waals surface area (Å²) in [6.07, 6.45) is 4.78. The average molecular weight is 279 g/mol. The second kappa shape index (κ2) is 6.10. The first-order valence-electron chi connectivity index (χ1n) is 7.43. The van der Waals surface area contributed by atoms with Gasteiger partial charge in [0.25, 0.3) is 0 Å². The molecule has 0 radical (unpaired) electrons. The van der Waals surface area contributed by atoms with Gasteiger partial charge in [-0.3, -0.25) is 0 Å². The molecule has 21 heavy (non-hydrogen) atoms. The maximum absolute atomic E-state index is 4.36. The standard InChI is InChI=1S/C18H21N3/c1-14(19-11-10-18-20-12-13-21(18)2)16-9-5-7-15-6-3-4-8-17(15)16/h3-9,12-14,19H,10-11H2,1-2H3. The molecule has 0 saturated heterocycles. The van der Waals surface area contributed by atoms with E-state index in [0.717, 1.165) is 18.8 Å². The molecule has 1 unspecified atom stereocenters. The van der Waals surface area contributed by atoms with Crippen LogP contribution in [0, 0.1) is 0 Å². The van der Waals surface area contributed by atoms with Gasteiger partial charge in [0, 0.05) is 38.4 Å². The molecule has 108 valence electrons. The molecule has 1 N–H and O–H groups in total. The second-order valence-electron chi connectivity index (χ2n) is 5.45. The summed E-state index contributed by atoms with van der Waals surface area (Å²) in [5.74, 6) is 1.12. The zero-order valence-electron chi connectivity index (χ0n) is 12.6. The van der Waals surface area contributed by atoms with Crippen molar-refractivity contribution in [3.63, 3.8) is 0 Å². The molecule has 0 saturated carbocycles. The van der Waals surface area contributed by atoms with E-state index in [1.54, 1.807) is 0 Å². The summed E-state index contributed by atoms with van der Waals surface area (Å²) in [5.41, 5.74) is 1.35. The van der Waals surface area contributed by atoms with Gasteiger partial charge in [-0.05, 0) is 23.3 Å². The summed E-state index contributed by atoms with van der Waals surface area (Å²) < 4.78 is 2.07. The molecule has 1 atom stereocenters. The van der Waals surface area contributed by atoms with Gasteiger partial charge in [0.15, 0.2) is 0 Å². The minimum atomic E-state index is 0.330. The summed E-state index contributed by atoms with van der Waals surface area (Å²) >= 11 is 0. The van der Waals surface area contributed by atoms with Crippen LogP contribution in [-0.2, 0) is 13.5 Å². The first-order valence-corrected chi connectivity index (χ1v) is 7.43. The van der Waals surface area contributed by atoms with Gasteiger partial charge in [0.1, 0.15) is 5.82 Å². The van der Waals surface area contributed by atoms with Gasteiger partial charge in [0.2, 0.25) is 0 Å². The summed E-state index contributed by atoms with van der Waals surface area (Å²) in [6, 6.07) is 15.4. The van der Waals surface area contributed by atoms with Crippen molar-refractivity contribution in [2.45, 2.75) is 19.4 Å². The molecule has 1 aromatic heterocycles. The fraction of sp³-hybridized carbons (Fsp3) is 0.278. The predicted molar refractivity (Wildman–Crippen MR) is 87.3 cm³/mol. The van der Waals surface area contributed by atoms with Gasteiger partial charge in [-0.15, -0.1) is 0 Å². The third-order valence-electron chi connectivity index (χ3n) is 4.01. The van der Waals surface area contributed by atoms with Crippen molar-refractivity contribution in [3.05, 3.63) is 66.2 Å². The van der Waals surface area contributed by atoms with Gasteiger partial charge in [0.05, 0.1) is 0 Å². The van der Waals surface area contributed by atoms with Crippen molar-refractivity contribution in [3.8, 4) is 0 Å². The number of hydrogen-bond donors (Lipinski definition) is 1. The van der Waals surface area contributed by atoms with E-state index in [1.165, 1.54) is 16.3 Å². The lowest BCUT2D eigenvalue weighted by Crippen LogP contribution is -2.22. The minimum Gasteiger partial charge on any atom is -0.338 e. The van der Waals surface area contributed by atoms with E-state index in [-0.39, 0.29) is 0 Å². The Kier molecular flexibility index (Phi) is 4.02. The number of fused-ring (bicyclic) bond motifs is 1. The van der Waals surface area contributed by atoms with Crippen LogP contribution in [0.1, 0.15) is 24.4 Å². The van der Waals surface area contributed by atoms with Crippen molar-refractivity contribution < 1.29 is 0 Å². The van der Waals surface area contributed by atoms with E-state index in [2.05, 4.69) is 64.3 Å². The highest BCUT2D eigenvalue weighted by Crippen LogP contribution is 2.23. The molecule has 3 heteroatoms. The Morgan fingerprint density at radius 2 is 1.95 bits per heavy atom. The molecule has 3 aromatic rings. The molecule has 0 aliphatic rings. The van der Waals surface area contributed by atoms with Crippen molar-refractivity contribution in [1.29, 1.82) is 0 Å². The fourth-order valence-corrected chi connectivity index (χ4v) is 2.78. The molecule has 0 aliphatic carbocycles. The molecule has 2 aromatic carbocycles. The lowest BCUT2D eigenvalue weighted by atomic mass is 10.00. The Morgan fingerprint density at radius 3 is 2.76 bits per heavy atom. The smallest absolute Gasteiger partial charge is 0.109 e. The molecule has 0 spiro atoms. The Balaban J connectivity index is 1.69. The lowest BCUT2D eigenvalue weighted by molar-refractivity contribution is 0.568. The maximum Gasteiger partial charge on any atom is 0.109 e. The minimum absolute atomic E-state index is 0.330. The SMILES string of the molecule is CC(NCCc1nccn1C)c1cccc2ccccc12. The number of aryl methyl sites for hydroxylation is 1. The molecular weight excluding hydrogens is 258 g/mol. The zero-order valence-corrected chi connectivity index (χ0v) is 12.6. The number of rotatable bonds is 5. The summed E-state index contributed by atoms with van der Waals surface area (Å²) in [4.78, 5) is 4.36. The molecular formula is C18H21N3. The van der Waals surface area contributed by atoms with E-state index >= 15 is 0 Å². The van der Waals surface area contributed by atoms with Crippen LogP contribution < -0.4 is 5.32 Å². The fourth-order valence-electron chi connectivity index (χ4n) is 2.78. The quantitative estimate of drug-likeness (QED) is 0.775. The normalized spacial score (nSPS) is 12.7. The number of nitrogens with zero attached hydrogens (tertiary/aromatic N) is 2. The Hall–Kier alpha value is -2.13. The molecule has 0 fully saturated rings. The lowest BCUT2D eigenvalue weighted by Gasteiger charge is -2.16. The van der Waals surface area contributed by atoms with Crippen molar-refractivity contribution in [1.82, 2.24) is 14.9 Å².